The molecule has 27 heavy (non-hydrogen) atoms. The van der Waals surface area contributed by atoms with Gasteiger partial charge in [0.15, 0.2) is 0 Å². The molecular formula is C19H20N2O5S. The molecule has 0 bridgehead atoms. The average Bonchev–Trinajstić information content (AvgIpc) is 3.06. The van der Waals surface area contributed by atoms with Crippen LogP contribution in [0.25, 0.3) is 0 Å². The first-order chi connectivity index (χ1) is 13.0. The van der Waals surface area contributed by atoms with E-state index < -0.39 is 23.3 Å². The van der Waals surface area contributed by atoms with E-state index in [2.05, 4.69) is 10.6 Å². The molecule has 1 saturated carbocycles. The number of nitrogens with one attached hydrogen (secondary N) is 2. The van der Waals surface area contributed by atoms with Crippen molar-refractivity contribution in [2.75, 3.05) is 11.9 Å². The van der Waals surface area contributed by atoms with Crippen molar-refractivity contribution in [1.29, 1.82) is 0 Å². The van der Waals surface area contributed by atoms with Crippen LogP contribution in [0.3, 0.4) is 0 Å². The van der Waals surface area contributed by atoms with E-state index >= 15 is 0 Å². The summed E-state index contributed by atoms with van der Waals surface area (Å²) in [5.74, 6) is -1.48. The van der Waals surface area contributed by atoms with Gasteiger partial charge in [0.25, 0.3) is 11.8 Å². The summed E-state index contributed by atoms with van der Waals surface area (Å²) in [5, 5.41) is 16.4. The quantitative estimate of drug-likeness (QED) is 0.676. The molecule has 1 heterocycles. The normalized spacial score (nSPS) is 14.7. The molecule has 142 valence electrons. The fourth-order valence-corrected chi connectivity index (χ4v) is 3.65. The molecule has 1 aliphatic rings. The molecule has 0 atom stereocenters. The molecule has 0 saturated heterocycles. The monoisotopic (exact) mass is 388 g/mol. The number of anilines is 1. The van der Waals surface area contributed by atoms with Gasteiger partial charge in [-0.05, 0) is 49.8 Å². The highest BCUT2D eigenvalue weighted by molar-refractivity contribution is 7.12. The van der Waals surface area contributed by atoms with Crippen LogP contribution < -0.4 is 15.4 Å². The van der Waals surface area contributed by atoms with Crippen LogP contribution in [0.4, 0.5) is 5.69 Å². The Bertz CT molecular complexity index is 872. The molecule has 7 nitrogen and oxygen atoms in total. The maximum atomic E-state index is 12.6. The SMILES string of the molecule is CCOc1ccccc1C(=O)Nc1ccsc1C(=O)NC1(C(=O)O)CCC1. The molecule has 1 aromatic heterocycles. The van der Waals surface area contributed by atoms with E-state index in [9.17, 15) is 19.5 Å². The van der Waals surface area contributed by atoms with E-state index in [0.29, 0.717) is 36.4 Å². The number of rotatable bonds is 7. The standard InChI is InChI=1S/C19H20N2O5S/c1-2-26-14-7-4-3-6-12(14)16(22)20-13-8-11-27-15(13)17(23)21-19(18(24)25)9-5-10-19/h3-4,6-8,11H,2,5,9-10H2,1H3,(H,20,22)(H,21,23)(H,24,25). The van der Waals surface area contributed by atoms with Crippen molar-refractivity contribution in [3.05, 3.63) is 46.2 Å². The van der Waals surface area contributed by atoms with E-state index in [1.54, 1.807) is 35.7 Å². The number of thiophene rings is 1. The molecule has 2 amide bonds. The zero-order chi connectivity index (χ0) is 19.4. The molecule has 0 radical (unpaired) electrons. The van der Waals surface area contributed by atoms with E-state index in [0.717, 1.165) is 17.8 Å². The number of para-hydroxylation sites is 1. The number of benzene rings is 1. The third kappa shape index (κ3) is 3.80. The lowest BCUT2D eigenvalue weighted by molar-refractivity contribution is -0.148. The van der Waals surface area contributed by atoms with Gasteiger partial charge >= 0.3 is 5.97 Å². The van der Waals surface area contributed by atoms with Crippen molar-refractivity contribution in [3.63, 3.8) is 0 Å². The lowest BCUT2D eigenvalue weighted by Gasteiger charge is -2.38. The number of hydrogen-bond acceptors (Lipinski definition) is 5. The first-order valence-corrected chi connectivity index (χ1v) is 9.51. The van der Waals surface area contributed by atoms with Crippen LogP contribution in [-0.2, 0) is 4.79 Å². The number of amides is 2. The smallest absolute Gasteiger partial charge is 0.329 e. The molecule has 1 fully saturated rings. The van der Waals surface area contributed by atoms with Gasteiger partial charge in [-0.2, -0.15) is 0 Å². The summed E-state index contributed by atoms with van der Waals surface area (Å²) in [6.07, 6.45) is 1.57. The Morgan fingerprint density at radius 1 is 1.19 bits per heavy atom. The van der Waals surface area contributed by atoms with Gasteiger partial charge in [0.1, 0.15) is 16.2 Å². The first-order valence-electron chi connectivity index (χ1n) is 8.63. The number of aliphatic carboxylic acids is 1. The zero-order valence-electron chi connectivity index (χ0n) is 14.8. The molecule has 2 aromatic rings. The molecule has 8 heteroatoms. The lowest BCUT2D eigenvalue weighted by Crippen LogP contribution is -2.59. The summed E-state index contributed by atoms with van der Waals surface area (Å²) in [5.41, 5.74) is -0.504. The maximum absolute atomic E-state index is 12.6. The minimum atomic E-state index is -1.20. The highest BCUT2D eigenvalue weighted by atomic mass is 32.1. The zero-order valence-corrected chi connectivity index (χ0v) is 15.6. The van der Waals surface area contributed by atoms with Gasteiger partial charge in [-0.25, -0.2) is 4.79 Å². The number of carbonyl (C=O) groups is 3. The van der Waals surface area contributed by atoms with Gasteiger partial charge in [-0.15, -0.1) is 11.3 Å². The Kier molecular flexibility index (Phi) is 5.46. The van der Waals surface area contributed by atoms with Gasteiger partial charge in [0, 0.05) is 0 Å². The van der Waals surface area contributed by atoms with Crippen molar-refractivity contribution in [2.45, 2.75) is 31.7 Å². The van der Waals surface area contributed by atoms with Crippen LogP contribution in [0.5, 0.6) is 5.75 Å². The Morgan fingerprint density at radius 3 is 2.56 bits per heavy atom. The van der Waals surface area contributed by atoms with E-state index in [4.69, 9.17) is 4.74 Å². The van der Waals surface area contributed by atoms with Crippen LogP contribution in [0, 0.1) is 0 Å². The van der Waals surface area contributed by atoms with Crippen molar-refractivity contribution in [1.82, 2.24) is 5.32 Å². The first kappa shape index (κ1) is 18.9. The highest BCUT2D eigenvalue weighted by Gasteiger charge is 2.46. The second-order valence-electron chi connectivity index (χ2n) is 6.24. The number of ether oxygens (including phenoxy) is 1. The van der Waals surface area contributed by atoms with Crippen LogP contribution in [0.15, 0.2) is 35.7 Å². The largest absolute Gasteiger partial charge is 0.493 e. The van der Waals surface area contributed by atoms with Gasteiger partial charge in [-0.3, -0.25) is 9.59 Å². The molecule has 0 spiro atoms. The van der Waals surface area contributed by atoms with E-state index in [1.165, 1.54) is 0 Å². The summed E-state index contributed by atoms with van der Waals surface area (Å²) in [7, 11) is 0. The number of carboxylic acids is 1. The lowest BCUT2D eigenvalue weighted by atomic mass is 9.76. The van der Waals surface area contributed by atoms with E-state index in [-0.39, 0.29) is 4.88 Å². The second kappa shape index (κ2) is 7.79. The molecule has 3 rings (SSSR count). The molecule has 1 aliphatic carbocycles. The van der Waals surface area contributed by atoms with Crippen LogP contribution in [0.2, 0.25) is 0 Å². The Balaban J connectivity index is 1.76. The molecule has 3 N–H and O–H groups in total. The summed E-state index contributed by atoms with van der Waals surface area (Å²) in [4.78, 5) is 36.9. The van der Waals surface area contributed by atoms with Crippen molar-refractivity contribution in [3.8, 4) is 5.75 Å². The molecule has 0 aliphatic heterocycles. The van der Waals surface area contributed by atoms with Crippen LogP contribution in [0.1, 0.15) is 46.2 Å². The van der Waals surface area contributed by atoms with Crippen molar-refractivity contribution >= 4 is 34.8 Å². The fourth-order valence-electron chi connectivity index (χ4n) is 2.91. The number of carboxylic acid groups (broad SMARTS) is 1. The van der Waals surface area contributed by atoms with Gasteiger partial charge in [0.05, 0.1) is 17.9 Å². The topological polar surface area (TPSA) is 105 Å². The Morgan fingerprint density at radius 2 is 1.93 bits per heavy atom. The average molecular weight is 388 g/mol. The minimum Gasteiger partial charge on any atom is -0.493 e. The van der Waals surface area contributed by atoms with Crippen molar-refractivity contribution in [2.24, 2.45) is 0 Å². The second-order valence-corrected chi connectivity index (χ2v) is 7.16. The summed E-state index contributed by atoms with van der Waals surface area (Å²) >= 11 is 1.15. The molecule has 0 unspecified atom stereocenters. The van der Waals surface area contributed by atoms with Gasteiger partial charge < -0.3 is 20.5 Å². The van der Waals surface area contributed by atoms with Crippen LogP contribution >= 0.6 is 11.3 Å². The molecular weight excluding hydrogens is 368 g/mol. The summed E-state index contributed by atoms with van der Waals surface area (Å²) in [6, 6.07) is 8.46. The maximum Gasteiger partial charge on any atom is 0.329 e. The van der Waals surface area contributed by atoms with Crippen LogP contribution in [-0.4, -0.2) is 35.0 Å². The third-order valence-electron chi connectivity index (χ3n) is 4.52. The van der Waals surface area contributed by atoms with Gasteiger partial charge in [0.2, 0.25) is 0 Å². The Hall–Kier alpha value is -2.87. The third-order valence-corrected chi connectivity index (χ3v) is 5.43. The fraction of sp³-hybridized carbons (Fsp3) is 0.316. The highest BCUT2D eigenvalue weighted by Crippen LogP contribution is 2.33. The molecule has 1 aromatic carbocycles. The minimum absolute atomic E-state index is 0.268. The number of hydrogen-bond donors (Lipinski definition) is 3. The van der Waals surface area contributed by atoms with Crippen molar-refractivity contribution < 1.29 is 24.2 Å². The summed E-state index contributed by atoms with van der Waals surface area (Å²) < 4.78 is 5.47. The van der Waals surface area contributed by atoms with E-state index in [1.807, 2.05) is 6.92 Å². The summed E-state index contributed by atoms with van der Waals surface area (Å²) in [6.45, 7) is 2.25. The van der Waals surface area contributed by atoms with Gasteiger partial charge in [-0.1, -0.05) is 12.1 Å². The predicted molar refractivity (Wildman–Crippen MR) is 102 cm³/mol. The Labute approximate surface area is 160 Å². The predicted octanol–water partition coefficient (Wildman–Crippen LogP) is 3.14. The number of carbonyl (C=O) groups excluding carboxylic acids is 2.